The normalized spacial score (nSPS) is 9.41. The first-order chi connectivity index (χ1) is 8.33. The molecular weight excluding hydrogens is 208 g/mol. The lowest BCUT2D eigenvalue weighted by atomic mass is 10.1. The van der Waals surface area contributed by atoms with Crippen molar-refractivity contribution in [2.45, 2.75) is 58.9 Å². The summed E-state index contributed by atoms with van der Waals surface area (Å²) in [6.07, 6.45) is 12.6. The molecule has 0 bridgehead atoms. The van der Waals surface area contributed by atoms with E-state index in [1.165, 1.54) is 50.6 Å². The third-order valence-electron chi connectivity index (χ3n) is 2.83. The van der Waals surface area contributed by atoms with Gasteiger partial charge in [-0.2, -0.15) is 0 Å². The van der Waals surface area contributed by atoms with Crippen molar-refractivity contribution < 1.29 is 4.57 Å². The highest BCUT2D eigenvalue weighted by molar-refractivity contribution is 5.03. The Balaban J connectivity index is 0.00000121. The van der Waals surface area contributed by atoms with Gasteiger partial charge >= 0.3 is 0 Å². The zero-order valence-electron chi connectivity index (χ0n) is 11.2. The minimum absolute atomic E-state index is 1.17. The van der Waals surface area contributed by atoms with Crippen LogP contribution in [0.3, 0.4) is 0 Å². The summed E-state index contributed by atoms with van der Waals surface area (Å²) in [6, 6.07) is 4.36. The predicted molar refractivity (Wildman–Crippen MR) is 69.7 cm³/mol. The number of aromatic nitrogens is 1. The molecule has 0 aromatic carbocycles. The highest BCUT2D eigenvalue weighted by Gasteiger charge is 1.98. The van der Waals surface area contributed by atoms with E-state index in [0.717, 1.165) is 0 Å². The van der Waals surface area contributed by atoms with Crippen molar-refractivity contribution in [3.8, 4) is 0 Å². The molecule has 1 rings (SSSR count). The Hall–Kier alpha value is -1.36. The van der Waals surface area contributed by atoms with Gasteiger partial charge in [0, 0.05) is 18.6 Å². The Morgan fingerprint density at radius 3 is 2.12 bits per heavy atom. The second-order valence-corrected chi connectivity index (χ2v) is 4.38. The average Bonchev–Trinajstić information content (AvgIpc) is 2.38. The molecule has 17 heavy (non-hydrogen) atoms. The molecule has 0 unspecified atom stereocenters. The molecule has 0 fully saturated rings. The lowest BCUT2D eigenvalue weighted by Gasteiger charge is -1.99. The lowest BCUT2D eigenvalue weighted by molar-refractivity contribution is -0.697. The second-order valence-electron chi connectivity index (χ2n) is 4.38. The highest BCUT2D eigenvalue weighted by atomic mass is 14.9. The van der Waals surface area contributed by atoms with E-state index < -0.39 is 0 Å². The van der Waals surface area contributed by atoms with Gasteiger partial charge in [-0.05, 0) is 18.9 Å². The zero-order chi connectivity index (χ0) is 12.9. The summed E-state index contributed by atoms with van der Waals surface area (Å²) in [7, 11) is 0. The van der Waals surface area contributed by atoms with Crippen molar-refractivity contribution in [1.29, 1.82) is 5.26 Å². The van der Waals surface area contributed by atoms with Gasteiger partial charge in [-0.1, -0.05) is 32.6 Å². The molecule has 0 saturated heterocycles. The number of aryl methyl sites for hydroxylation is 2. The molecule has 0 aliphatic rings. The third kappa shape index (κ3) is 8.45. The summed E-state index contributed by atoms with van der Waals surface area (Å²) in [5.74, 6) is 0. The largest absolute Gasteiger partial charge is 0.512 e. The average molecular weight is 232 g/mol. The minimum Gasteiger partial charge on any atom is -0.512 e. The van der Waals surface area contributed by atoms with Crippen molar-refractivity contribution in [2.75, 3.05) is 0 Å². The summed E-state index contributed by atoms with van der Waals surface area (Å²) in [5.41, 5.74) is 1.34. The van der Waals surface area contributed by atoms with Gasteiger partial charge in [0.15, 0.2) is 12.4 Å². The molecule has 0 aliphatic carbocycles. The maximum absolute atomic E-state index is 6.25. The van der Waals surface area contributed by atoms with E-state index in [2.05, 4.69) is 42.9 Å². The van der Waals surface area contributed by atoms with Crippen LogP contribution in [0.5, 0.6) is 0 Å². The van der Waals surface area contributed by atoms with Crippen LogP contribution in [0.2, 0.25) is 0 Å². The van der Waals surface area contributed by atoms with Gasteiger partial charge < -0.3 is 11.8 Å². The van der Waals surface area contributed by atoms with Crippen LogP contribution in [0.4, 0.5) is 0 Å². The molecule has 0 N–H and O–H groups in total. The number of hydrogen-bond donors (Lipinski definition) is 0. The van der Waals surface area contributed by atoms with Gasteiger partial charge in [0.25, 0.3) is 0 Å². The van der Waals surface area contributed by atoms with E-state index in [9.17, 15) is 0 Å². The molecule has 0 saturated carbocycles. The van der Waals surface area contributed by atoms with Crippen LogP contribution in [0.15, 0.2) is 24.5 Å². The molecule has 0 atom stereocenters. The van der Waals surface area contributed by atoms with Gasteiger partial charge in [0.05, 0.1) is 0 Å². The summed E-state index contributed by atoms with van der Waals surface area (Å²) in [6.45, 7) is 10.3. The monoisotopic (exact) mass is 232 g/mol. The Morgan fingerprint density at radius 2 is 1.53 bits per heavy atom. The fourth-order valence-corrected chi connectivity index (χ4v) is 1.76. The molecule has 1 aromatic heterocycles. The summed E-state index contributed by atoms with van der Waals surface area (Å²) >= 11 is 0. The van der Waals surface area contributed by atoms with Gasteiger partial charge in [-0.25, -0.2) is 4.57 Å². The first kappa shape index (κ1) is 15.6. The van der Waals surface area contributed by atoms with E-state index in [-0.39, 0.29) is 0 Å². The van der Waals surface area contributed by atoms with E-state index in [0.29, 0.717) is 0 Å². The lowest BCUT2D eigenvalue weighted by Crippen LogP contribution is -2.32. The van der Waals surface area contributed by atoms with Crippen molar-refractivity contribution in [3.05, 3.63) is 36.7 Å². The Labute approximate surface area is 106 Å². The molecule has 1 heterocycles. The van der Waals surface area contributed by atoms with E-state index in [1.807, 2.05) is 0 Å². The maximum atomic E-state index is 6.25. The Bertz CT molecular complexity index is 288. The molecule has 0 amide bonds. The van der Waals surface area contributed by atoms with Crippen molar-refractivity contribution >= 4 is 0 Å². The number of unbranched alkanes of at least 4 members (excludes halogenated alkanes) is 5. The van der Waals surface area contributed by atoms with Crippen LogP contribution >= 0.6 is 0 Å². The van der Waals surface area contributed by atoms with Crippen LogP contribution in [-0.4, -0.2) is 0 Å². The number of pyridine rings is 1. The molecule has 2 nitrogen and oxygen atoms in total. The smallest absolute Gasteiger partial charge is 0.169 e. The summed E-state index contributed by atoms with van der Waals surface area (Å²) in [4.78, 5) is 0. The Kier molecular flexibility index (Phi) is 10.2. The number of nitrogens with zero attached hydrogens (tertiary/aromatic N) is 2. The van der Waals surface area contributed by atoms with E-state index >= 15 is 0 Å². The quantitative estimate of drug-likeness (QED) is 0.400. The first-order valence-corrected chi connectivity index (χ1v) is 6.51. The molecule has 1 aromatic rings. The van der Waals surface area contributed by atoms with E-state index in [1.54, 1.807) is 0 Å². The van der Waals surface area contributed by atoms with Crippen molar-refractivity contribution in [2.24, 2.45) is 0 Å². The SMILES string of the molecule is CCCCCCCC[n+]1ccc(C)cc1.[C-]#N. The molecule has 2 heteroatoms. The van der Waals surface area contributed by atoms with Crippen LogP contribution in [0.25, 0.3) is 0 Å². The van der Waals surface area contributed by atoms with Gasteiger partial charge in [0.1, 0.15) is 6.54 Å². The summed E-state index contributed by atoms with van der Waals surface area (Å²) < 4.78 is 2.28. The summed E-state index contributed by atoms with van der Waals surface area (Å²) in [5, 5.41) is 6.25. The first-order valence-electron chi connectivity index (χ1n) is 6.51. The van der Waals surface area contributed by atoms with Gasteiger partial charge in [-0.15, -0.1) is 0 Å². The van der Waals surface area contributed by atoms with Gasteiger partial charge in [-0.3, -0.25) is 0 Å². The van der Waals surface area contributed by atoms with E-state index in [4.69, 9.17) is 11.8 Å². The van der Waals surface area contributed by atoms with Crippen LogP contribution in [0, 0.1) is 18.8 Å². The Morgan fingerprint density at radius 1 is 1.00 bits per heavy atom. The fourth-order valence-electron chi connectivity index (χ4n) is 1.76. The number of hydrogen-bond acceptors (Lipinski definition) is 1. The van der Waals surface area contributed by atoms with Crippen LogP contribution in [-0.2, 0) is 6.54 Å². The fraction of sp³-hybridized carbons (Fsp3) is 0.600. The molecule has 0 radical (unpaired) electrons. The maximum Gasteiger partial charge on any atom is 0.169 e. The predicted octanol–water partition coefficient (Wildman–Crippen LogP) is 3.74. The highest BCUT2D eigenvalue weighted by Crippen LogP contribution is 2.04. The van der Waals surface area contributed by atoms with Crippen molar-refractivity contribution in [3.63, 3.8) is 0 Å². The minimum atomic E-state index is 1.17. The molecular formula is C15H24N2. The standard InChI is InChI=1S/C14H24N.CN/c1-3-4-5-6-7-8-11-15-12-9-14(2)10-13-15;1-2/h9-10,12-13H,3-8,11H2,1-2H3;/q+1;-1. The second kappa shape index (κ2) is 11.1. The molecule has 94 valence electrons. The zero-order valence-corrected chi connectivity index (χ0v) is 11.2. The topological polar surface area (TPSA) is 27.7 Å². The number of rotatable bonds is 7. The molecule has 0 aliphatic heterocycles. The third-order valence-corrected chi connectivity index (χ3v) is 2.83. The van der Waals surface area contributed by atoms with Crippen LogP contribution in [0.1, 0.15) is 51.0 Å². The van der Waals surface area contributed by atoms with Crippen molar-refractivity contribution in [1.82, 2.24) is 0 Å². The van der Waals surface area contributed by atoms with Gasteiger partial charge in [0.2, 0.25) is 0 Å². The molecule has 0 spiro atoms. The van der Waals surface area contributed by atoms with Crippen LogP contribution < -0.4 is 4.57 Å².